The van der Waals surface area contributed by atoms with Gasteiger partial charge in [-0.2, -0.15) is 0 Å². The lowest BCUT2D eigenvalue weighted by Gasteiger charge is -2.11. The third-order valence-electron chi connectivity index (χ3n) is 3.30. The lowest BCUT2D eigenvalue weighted by Crippen LogP contribution is -2.15. The van der Waals surface area contributed by atoms with Crippen LogP contribution < -0.4 is 0 Å². The minimum Gasteiger partial charge on any atom is -0.394 e. The summed E-state index contributed by atoms with van der Waals surface area (Å²) < 4.78 is 1.96. The lowest BCUT2D eigenvalue weighted by molar-refractivity contribution is 0.113. The highest BCUT2D eigenvalue weighted by molar-refractivity contribution is 7.99. The van der Waals surface area contributed by atoms with Gasteiger partial charge in [0.15, 0.2) is 11.0 Å². The number of aromatic nitrogens is 3. The molecule has 118 valence electrons. The van der Waals surface area contributed by atoms with Crippen molar-refractivity contribution in [2.45, 2.75) is 11.3 Å². The van der Waals surface area contributed by atoms with Crippen molar-refractivity contribution in [3.63, 3.8) is 0 Å². The second-order valence-corrected chi connectivity index (χ2v) is 5.98. The topological polar surface area (TPSA) is 71.2 Å². The Balaban J connectivity index is 2.02. The molecule has 6 heteroatoms. The van der Waals surface area contributed by atoms with Gasteiger partial charge in [-0.15, -0.1) is 10.2 Å². The molecule has 1 unspecified atom stereocenters. The third-order valence-corrected chi connectivity index (χ3v) is 4.37. The molecular weight excluding hydrogens is 310 g/mol. The number of benzene rings is 2. The zero-order chi connectivity index (χ0) is 16.1. The Bertz CT molecular complexity index is 747. The molecule has 0 saturated heterocycles. The lowest BCUT2D eigenvalue weighted by atomic mass is 10.2. The van der Waals surface area contributed by atoms with E-state index in [9.17, 15) is 5.11 Å². The molecule has 1 heterocycles. The van der Waals surface area contributed by atoms with Crippen LogP contribution in [0.4, 0.5) is 0 Å². The summed E-state index contributed by atoms with van der Waals surface area (Å²) in [7, 11) is 0. The number of thioether (sulfide) groups is 1. The van der Waals surface area contributed by atoms with Crippen molar-refractivity contribution in [1.82, 2.24) is 14.8 Å². The van der Waals surface area contributed by atoms with Gasteiger partial charge in [0.05, 0.1) is 12.7 Å². The molecule has 3 rings (SSSR count). The van der Waals surface area contributed by atoms with Gasteiger partial charge in [-0.25, -0.2) is 0 Å². The van der Waals surface area contributed by atoms with E-state index in [1.165, 1.54) is 11.8 Å². The van der Waals surface area contributed by atoms with Crippen LogP contribution in [0.3, 0.4) is 0 Å². The van der Waals surface area contributed by atoms with E-state index in [0.717, 1.165) is 17.1 Å². The predicted octanol–water partition coefficient (Wildman–Crippen LogP) is 2.38. The molecule has 2 aromatic carbocycles. The van der Waals surface area contributed by atoms with E-state index in [0.29, 0.717) is 10.9 Å². The summed E-state index contributed by atoms with van der Waals surface area (Å²) in [5.74, 6) is 1.11. The average molecular weight is 327 g/mol. The first-order valence-electron chi connectivity index (χ1n) is 7.27. The Morgan fingerprint density at radius 1 is 0.957 bits per heavy atom. The van der Waals surface area contributed by atoms with Crippen LogP contribution in [-0.2, 0) is 0 Å². The van der Waals surface area contributed by atoms with Gasteiger partial charge in [-0.1, -0.05) is 60.3 Å². The summed E-state index contributed by atoms with van der Waals surface area (Å²) in [6.07, 6.45) is -0.777. The fourth-order valence-electron chi connectivity index (χ4n) is 2.17. The highest BCUT2D eigenvalue weighted by atomic mass is 32.2. The maximum atomic E-state index is 9.58. The van der Waals surface area contributed by atoms with Crippen LogP contribution in [0.5, 0.6) is 0 Å². The maximum Gasteiger partial charge on any atom is 0.196 e. The summed E-state index contributed by atoms with van der Waals surface area (Å²) >= 11 is 1.37. The molecule has 2 N–H and O–H groups in total. The summed E-state index contributed by atoms with van der Waals surface area (Å²) in [6, 6.07) is 19.7. The van der Waals surface area contributed by atoms with Gasteiger partial charge in [-0.3, -0.25) is 4.57 Å². The molecule has 3 aromatic rings. The Morgan fingerprint density at radius 2 is 1.61 bits per heavy atom. The van der Waals surface area contributed by atoms with Gasteiger partial charge in [0, 0.05) is 17.0 Å². The molecule has 0 aliphatic carbocycles. The van der Waals surface area contributed by atoms with Gasteiger partial charge in [0.2, 0.25) is 0 Å². The molecule has 1 aromatic heterocycles. The molecule has 0 fully saturated rings. The van der Waals surface area contributed by atoms with Crippen LogP contribution >= 0.6 is 11.8 Å². The minimum absolute atomic E-state index is 0.266. The van der Waals surface area contributed by atoms with Crippen LogP contribution in [0, 0.1) is 0 Å². The zero-order valence-corrected chi connectivity index (χ0v) is 13.2. The Morgan fingerprint density at radius 3 is 2.26 bits per heavy atom. The van der Waals surface area contributed by atoms with Crippen molar-refractivity contribution in [1.29, 1.82) is 0 Å². The van der Waals surface area contributed by atoms with Crippen molar-refractivity contribution < 1.29 is 10.2 Å². The monoisotopic (exact) mass is 327 g/mol. The number of aliphatic hydroxyl groups is 2. The zero-order valence-electron chi connectivity index (χ0n) is 12.4. The highest BCUT2D eigenvalue weighted by Crippen LogP contribution is 2.28. The number of hydrogen-bond donors (Lipinski definition) is 2. The van der Waals surface area contributed by atoms with E-state index in [4.69, 9.17) is 5.11 Å². The number of para-hydroxylation sites is 1. The molecule has 0 amide bonds. The molecule has 0 aliphatic rings. The molecule has 0 spiro atoms. The second-order valence-electron chi connectivity index (χ2n) is 4.99. The quantitative estimate of drug-likeness (QED) is 0.680. The van der Waals surface area contributed by atoms with E-state index in [1.54, 1.807) is 0 Å². The van der Waals surface area contributed by atoms with Crippen LogP contribution in [0.1, 0.15) is 0 Å². The molecule has 23 heavy (non-hydrogen) atoms. The minimum atomic E-state index is -0.777. The molecule has 0 bridgehead atoms. The van der Waals surface area contributed by atoms with Crippen LogP contribution in [0.2, 0.25) is 0 Å². The fraction of sp³-hybridized carbons (Fsp3) is 0.176. The molecular formula is C17H17N3O2S. The molecule has 0 radical (unpaired) electrons. The largest absolute Gasteiger partial charge is 0.394 e. The SMILES string of the molecule is OCC(O)CSc1nnc(-c2ccccc2)n1-c1ccccc1. The maximum absolute atomic E-state index is 9.58. The third kappa shape index (κ3) is 3.61. The number of aliphatic hydroxyl groups excluding tert-OH is 2. The highest BCUT2D eigenvalue weighted by Gasteiger charge is 2.16. The standard InChI is InChI=1S/C17H17N3O2S/c21-11-15(22)12-23-17-19-18-16(13-7-3-1-4-8-13)20(17)14-9-5-2-6-10-14/h1-10,15,21-22H,11-12H2. The fourth-order valence-corrected chi connectivity index (χ4v) is 3.04. The Labute approximate surface area is 138 Å². The summed E-state index contributed by atoms with van der Waals surface area (Å²) in [6.45, 7) is -0.266. The molecule has 5 nitrogen and oxygen atoms in total. The van der Waals surface area contributed by atoms with Crippen LogP contribution in [-0.4, -0.2) is 43.4 Å². The summed E-state index contributed by atoms with van der Waals surface area (Å²) in [5.41, 5.74) is 1.93. The molecule has 0 saturated carbocycles. The van der Waals surface area contributed by atoms with Crippen molar-refractivity contribution in [2.24, 2.45) is 0 Å². The van der Waals surface area contributed by atoms with Crippen molar-refractivity contribution in [2.75, 3.05) is 12.4 Å². The first-order chi connectivity index (χ1) is 11.3. The van der Waals surface area contributed by atoms with Crippen LogP contribution in [0.25, 0.3) is 17.1 Å². The predicted molar refractivity (Wildman–Crippen MR) is 90.6 cm³/mol. The normalized spacial score (nSPS) is 12.3. The van der Waals surface area contributed by atoms with Gasteiger partial charge in [0.1, 0.15) is 0 Å². The van der Waals surface area contributed by atoms with E-state index >= 15 is 0 Å². The first kappa shape index (κ1) is 15.7. The van der Waals surface area contributed by atoms with Gasteiger partial charge >= 0.3 is 0 Å². The molecule has 1 atom stereocenters. The van der Waals surface area contributed by atoms with Crippen molar-refractivity contribution >= 4 is 11.8 Å². The van der Waals surface area contributed by atoms with Crippen molar-refractivity contribution in [3.05, 3.63) is 60.7 Å². The van der Waals surface area contributed by atoms with E-state index in [2.05, 4.69) is 10.2 Å². The first-order valence-corrected chi connectivity index (χ1v) is 8.26. The van der Waals surface area contributed by atoms with Crippen LogP contribution in [0.15, 0.2) is 65.8 Å². The number of hydrogen-bond acceptors (Lipinski definition) is 5. The van der Waals surface area contributed by atoms with Crippen molar-refractivity contribution in [3.8, 4) is 17.1 Å². The second kappa shape index (κ2) is 7.41. The molecule has 0 aliphatic heterocycles. The van der Waals surface area contributed by atoms with E-state index in [-0.39, 0.29) is 6.61 Å². The number of rotatable bonds is 6. The number of nitrogens with zero attached hydrogens (tertiary/aromatic N) is 3. The Kier molecular flexibility index (Phi) is 5.07. The average Bonchev–Trinajstić information content (AvgIpc) is 3.05. The Hall–Kier alpha value is -2.15. The van der Waals surface area contributed by atoms with E-state index in [1.807, 2.05) is 65.2 Å². The summed E-state index contributed by atoms with van der Waals surface area (Å²) in [4.78, 5) is 0. The van der Waals surface area contributed by atoms with E-state index < -0.39 is 6.10 Å². The van der Waals surface area contributed by atoms with Gasteiger partial charge in [0.25, 0.3) is 0 Å². The summed E-state index contributed by atoms with van der Waals surface area (Å²) in [5, 5.41) is 27.8. The van der Waals surface area contributed by atoms with Gasteiger partial charge < -0.3 is 10.2 Å². The smallest absolute Gasteiger partial charge is 0.196 e. The van der Waals surface area contributed by atoms with Gasteiger partial charge in [-0.05, 0) is 12.1 Å².